The van der Waals surface area contributed by atoms with Crippen molar-refractivity contribution in [2.75, 3.05) is 19.6 Å². The number of allylic oxidation sites excluding steroid dienone is 2. The Hall–Kier alpha value is -1.83. The third-order valence-corrected chi connectivity index (χ3v) is 4.22. The number of hydrogen-bond donors (Lipinski definition) is 1. The summed E-state index contributed by atoms with van der Waals surface area (Å²) in [7, 11) is 0. The Balaban J connectivity index is 1.96. The van der Waals surface area contributed by atoms with Crippen molar-refractivity contribution in [1.29, 1.82) is 0 Å². The van der Waals surface area contributed by atoms with Crippen LogP contribution in [-0.4, -0.2) is 52.5 Å². The number of amides is 4. The minimum Gasteiger partial charge on any atom is -0.273 e. The van der Waals surface area contributed by atoms with Gasteiger partial charge < -0.3 is 0 Å². The Morgan fingerprint density at radius 2 is 1.83 bits per heavy atom. The average molecular weight is 347 g/mol. The molecule has 0 aliphatic carbocycles. The van der Waals surface area contributed by atoms with Gasteiger partial charge in [-0.2, -0.15) is 0 Å². The number of carbonyl (C=O) groups excluding carboxylic acids is 3. The SMILES string of the molecule is C/C(F)=C(/Cl)CCC(=O)NN1CCC(=O)N2CCCCN2C1=O. The molecule has 0 atom stereocenters. The van der Waals surface area contributed by atoms with Crippen LogP contribution in [0.2, 0.25) is 0 Å². The van der Waals surface area contributed by atoms with E-state index in [2.05, 4.69) is 5.43 Å². The quantitative estimate of drug-likeness (QED) is 0.845. The van der Waals surface area contributed by atoms with Crippen LogP contribution in [0.1, 0.15) is 39.0 Å². The normalized spacial score (nSPS) is 20.0. The van der Waals surface area contributed by atoms with E-state index in [0.29, 0.717) is 13.1 Å². The molecule has 23 heavy (non-hydrogen) atoms. The van der Waals surface area contributed by atoms with Crippen LogP contribution in [0.25, 0.3) is 0 Å². The molecule has 7 nitrogen and oxygen atoms in total. The van der Waals surface area contributed by atoms with Crippen LogP contribution in [0.4, 0.5) is 9.18 Å². The summed E-state index contributed by atoms with van der Waals surface area (Å²) in [5.41, 5.74) is 2.48. The van der Waals surface area contributed by atoms with Gasteiger partial charge in [-0.3, -0.25) is 15.0 Å². The molecule has 0 aromatic rings. The molecule has 0 aromatic heterocycles. The zero-order valence-corrected chi connectivity index (χ0v) is 13.7. The second-order valence-electron chi connectivity index (χ2n) is 5.50. The lowest BCUT2D eigenvalue weighted by Gasteiger charge is -2.38. The minimum absolute atomic E-state index is 0.0141. The van der Waals surface area contributed by atoms with Gasteiger partial charge in [0.1, 0.15) is 5.83 Å². The number of nitrogens with zero attached hydrogens (tertiary/aromatic N) is 3. The molecule has 2 fully saturated rings. The second-order valence-corrected chi connectivity index (χ2v) is 5.96. The van der Waals surface area contributed by atoms with E-state index < -0.39 is 17.8 Å². The molecule has 2 aliphatic heterocycles. The van der Waals surface area contributed by atoms with Crippen molar-refractivity contribution in [3.05, 3.63) is 10.9 Å². The standard InChI is InChI=1S/C14H20ClFN4O3/c1-10(16)11(15)4-5-12(21)17-18-9-6-13(22)19-7-2-3-8-20(19)14(18)23/h2-9H2,1H3,(H,17,21)/b11-10-. The first-order valence-corrected chi connectivity index (χ1v) is 7.97. The molecular formula is C14H20ClFN4O3. The summed E-state index contributed by atoms with van der Waals surface area (Å²) < 4.78 is 12.9. The Labute approximate surface area is 139 Å². The average Bonchev–Trinajstić information content (AvgIpc) is 2.65. The molecule has 0 saturated carbocycles. The van der Waals surface area contributed by atoms with E-state index in [-0.39, 0.29) is 36.7 Å². The molecule has 0 aromatic carbocycles. The number of carbonyl (C=O) groups is 3. The number of rotatable bonds is 4. The first-order valence-electron chi connectivity index (χ1n) is 7.59. The molecule has 2 aliphatic rings. The number of nitrogens with one attached hydrogen (secondary N) is 1. The van der Waals surface area contributed by atoms with E-state index >= 15 is 0 Å². The largest absolute Gasteiger partial charge is 0.357 e. The van der Waals surface area contributed by atoms with E-state index in [4.69, 9.17) is 11.6 Å². The summed E-state index contributed by atoms with van der Waals surface area (Å²) in [6, 6.07) is -0.424. The van der Waals surface area contributed by atoms with Crippen molar-refractivity contribution < 1.29 is 18.8 Å². The molecule has 0 radical (unpaired) electrons. The van der Waals surface area contributed by atoms with Crippen LogP contribution in [0.15, 0.2) is 10.9 Å². The lowest BCUT2D eigenvalue weighted by Crippen LogP contribution is -2.57. The summed E-state index contributed by atoms with van der Waals surface area (Å²) in [6.07, 6.45) is 1.84. The molecule has 2 saturated heterocycles. The predicted octanol–water partition coefficient (Wildman–Crippen LogP) is 1.90. The second kappa shape index (κ2) is 7.63. The highest BCUT2D eigenvalue weighted by molar-refractivity contribution is 6.29. The Morgan fingerprint density at radius 1 is 1.17 bits per heavy atom. The van der Waals surface area contributed by atoms with Crippen LogP contribution in [0.5, 0.6) is 0 Å². The van der Waals surface area contributed by atoms with Gasteiger partial charge in [0.15, 0.2) is 0 Å². The van der Waals surface area contributed by atoms with Crippen molar-refractivity contribution in [3.8, 4) is 0 Å². The van der Waals surface area contributed by atoms with Gasteiger partial charge in [-0.05, 0) is 26.2 Å². The monoisotopic (exact) mass is 346 g/mol. The van der Waals surface area contributed by atoms with Crippen molar-refractivity contribution in [1.82, 2.24) is 20.5 Å². The summed E-state index contributed by atoms with van der Waals surface area (Å²) >= 11 is 5.65. The topological polar surface area (TPSA) is 73.0 Å². The van der Waals surface area contributed by atoms with Crippen molar-refractivity contribution in [3.63, 3.8) is 0 Å². The van der Waals surface area contributed by atoms with Gasteiger partial charge >= 0.3 is 6.03 Å². The summed E-state index contributed by atoms with van der Waals surface area (Å²) in [4.78, 5) is 36.4. The fourth-order valence-corrected chi connectivity index (χ4v) is 2.59. The van der Waals surface area contributed by atoms with Gasteiger partial charge in [-0.25, -0.2) is 24.2 Å². The van der Waals surface area contributed by atoms with Crippen LogP contribution in [0.3, 0.4) is 0 Å². The van der Waals surface area contributed by atoms with Gasteiger partial charge in [0.2, 0.25) is 11.8 Å². The summed E-state index contributed by atoms with van der Waals surface area (Å²) in [6.45, 7) is 2.30. The Morgan fingerprint density at radius 3 is 2.48 bits per heavy atom. The van der Waals surface area contributed by atoms with Gasteiger partial charge in [0.05, 0.1) is 6.54 Å². The third-order valence-electron chi connectivity index (χ3n) is 3.78. The minimum atomic E-state index is -0.528. The molecule has 4 amide bonds. The molecular weight excluding hydrogens is 327 g/mol. The molecule has 0 spiro atoms. The zero-order valence-electron chi connectivity index (χ0n) is 13.0. The highest BCUT2D eigenvalue weighted by atomic mass is 35.5. The molecule has 0 bridgehead atoms. The number of halogens is 2. The van der Waals surface area contributed by atoms with Crippen LogP contribution >= 0.6 is 11.6 Å². The lowest BCUT2D eigenvalue weighted by molar-refractivity contribution is -0.145. The number of hydrogen-bond acceptors (Lipinski definition) is 3. The number of urea groups is 1. The first kappa shape index (κ1) is 17.5. The maximum absolute atomic E-state index is 12.9. The van der Waals surface area contributed by atoms with Crippen LogP contribution < -0.4 is 5.43 Å². The molecule has 1 N–H and O–H groups in total. The van der Waals surface area contributed by atoms with Crippen molar-refractivity contribution in [2.24, 2.45) is 0 Å². The maximum atomic E-state index is 12.9. The van der Waals surface area contributed by atoms with E-state index in [1.807, 2.05) is 0 Å². The van der Waals surface area contributed by atoms with Gasteiger partial charge in [0, 0.05) is 31.0 Å². The van der Waals surface area contributed by atoms with E-state index in [1.165, 1.54) is 16.9 Å². The van der Waals surface area contributed by atoms with Gasteiger partial charge in [-0.15, -0.1) is 0 Å². The smallest absolute Gasteiger partial charge is 0.273 e. The molecule has 0 unspecified atom stereocenters. The van der Waals surface area contributed by atoms with Crippen molar-refractivity contribution in [2.45, 2.75) is 39.0 Å². The van der Waals surface area contributed by atoms with Gasteiger partial charge in [-0.1, -0.05) is 11.6 Å². The van der Waals surface area contributed by atoms with E-state index in [0.717, 1.165) is 17.9 Å². The van der Waals surface area contributed by atoms with Crippen LogP contribution in [0, 0.1) is 0 Å². The number of fused-ring (bicyclic) bond motifs is 1. The van der Waals surface area contributed by atoms with Crippen molar-refractivity contribution >= 4 is 29.4 Å². The predicted molar refractivity (Wildman–Crippen MR) is 81.4 cm³/mol. The number of hydrazine groups is 2. The lowest BCUT2D eigenvalue weighted by atomic mass is 10.2. The summed E-state index contributed by atoms with van der Waals surface area (Å²) in [5, 5.41) is 3.95. The molecule has 2 heterocycles. The highest BCUT2D eigenvalue weighted by Crippen LogP contribution is 2.18. The zero-order chi connectivity index (χ0) is 17.0. The van der Waals surface area contributed by atoms with Gasteiger partial charge in [0.25, 0.3) is 0 Å². The molecule has 9 heteroatoms. The molecule has 128 valence electrons. The highest BCUT2D eigenvalue weighted by Gasteiger charge is 2.35. The fourth-order valence-electron chi connectivity index (χ4n) is 2.50. The first-order chi connectivity index (χ1) is 10.9. The third kappa shape index (κ3) is 4.34. The van der Waals surface area contributed by atoms with E-state index in [1.54, 1.807) is 0 Å². The van der Waals surface area contributed by atoms with E-state index in [9.17, 15) is 18.8 Å². The summed E-state index contributed by atoms with van der Waals surface area (Å²) in [5.74, 6) is -1.11. The van der Waals surface area contributed by atoms with Crippen LogP contribution in [-0.2, 0) is 9.59 Å². The maximum Gasteiger partial charge on any atom is 0.357 e. The Kier molecular flexibility index (Phi) is 5.81. The Bertz CT molecular complexity index is 536. The fraction of sp³-hybridized carbons (Fsp3) is 0.643. The molecule has 2 rings (SSSR count).